The number of ether oxygens (including phenoxy) is 1. The molecule has 1 amide bonds. The monoisotopic (exact) mass is 254 g/mol. The van der Waals surface area contributed by atoms with Crippen molar-refractivity contribution in [1.82, 2.24) is 10.6 Å². The number of rotatable bonds is 4. The molecule has 0 spiro atoms. The number of nitrogens with one attached hydrogen (secondary N) is 2. The van der Waals surface area contributed by atoms with E-state index in [0.717, 1.165) is 39.0 Å². The van der Waals surface area contributed by atoms with Gasteiger partial charge in [0.2, 0.25) is 5.91 Å². The van der Waals surface area contributed by atoms with Crippen LogP contribution in [0.1, 0.15) is 45.4 Å². The smallest absolute Gasteiger partial charge is 0.249 e. The Labute approximate surface area is 110 Å². The summed E-state index contributed by atoms with van der Waals surface area (Å²) in [6, 6.07) is 0.441. The maximum absolute atomic E-state index is 12.0. The molecule has 0 aromatic heterocycles. The molecule has 0 aromatic carbocycles. The van der Waals surface area contributed by atoms with Crippen LogP contribution in [0.4, 0.5) is 0 Å². The van der Waals surface area contributed by atoms with Gasteiger partial charge < -0.3 is 15.4 Å². The van der Waals surface area contributed by atoms with E-state index in [4.69, 9.17) is 4.74 Å². The van der Waals surface area contributed by atoms with E-state index < -0.39 is 0 Å². The zero-order valence-electron chi connectivity index (χ0n) is 11.4. The second kappa shape index (κ2) is 7.10. The first-order chi connectivity index (χ1) is 8.81. The van der Waals surface area contributed by atoms with E-state index in [1.807, 2.05) is 0 Å². The largest absolute Gasteiger partial charge is 0.368 e. The van der Waals surface area contributed by atoms with E-state index in [2.05, 4.69) is 17.6 Å². The van der Waals surface area contributed by atoms with Crippen molar-refractivity contribution in [3.8, 4) is 0 Å². The highest BCUT2D eigenvalue weighted by molar-refractivity contribution is 5.80. The van der Waals surface area contributed by atoms with Gasteiger partial charge in [0.05, 0.1) is 0 Å². The van der Waals surface area contributed by atoms with Crippen LogP contribution < -0.4 is 10.6 Å². The van der Waals surface area contributed by atoms with Crippen molar-refractivity contribution in [3.05, 3.63) is 0 Å². The molecule has 104 valence electrons. The summed E-state index contributed by atoms with van der Waals surface area (Å²) in [5.41, 5.74) is 0. The first kappa shape index (κ1) is 13.8. The molecule has 2 aliphatic rings. The summed E-state index contributed by atoms with van der Waals surface area (Å²) in [5, 5.41) is 6.58. The van der Waals surface area contributed by atoms with Gasteiger partial charge in [0.25, 0.3) is 0 Å². The normalized spacial score (nSPS) is 33.1. The van der Waals surface area contributed by atoms with Gasteiger partial charge in [0.1, 0.15) is 6.10 Å². The van der Waals surface area contributed by atoms with Gasteiger partial charge in [-0.1, -0.05) is 13.3 Å². The lowest BCUT2D eigenvalue weighted by molar-refractivity contribution is -0.135. The first-order valence-electron chi connectivity index (χ1n) is 7.44. The van der Waals surface area contributed by atoms with E-state index in [1.54, 1.807) is 0 Å². The predicted molar refractivity (Wildman–Crippen MR) is 71.4 cm³/mol. The van der Waals surface area contributed by atoms with Gasteiger partial charge in [-0.3, -0.25) is 4.79 Å². The number of carbonyl (C=O) groups is 1. The Morgan fingerprint density at radius 1 is 1.33 bits per heavy atom. The summed E-state index contributed by atoms with van der Waals surface area (Å²) in [6.07, 6.45) is 6.60. The molecule has 2 rings (SSSR count). The standard InChI is InChI=1S/C14H26N2O2/c1-2-11-6-5-8-15-12(11)10-16-14(17)13-7-3-4-9-18-13/h11-13,15H,2-10H2,1H3,(H,16,17). The number of piperidine rings is 1. The number of hydrogen-bond donors (Lipinski definition) is 2. The maximum Gasteiger partial charge on any atom is 0.249 e. The van der Waals surface area contributed by atoms with E-state index >= 15 is 0 Å². The average molecular weight is 254 g/mol. The van der Waals surface area contributed by atoms with Gasteiger partial charge in [-0.05, 0) is 44.6 Å². The third-order valence-electron chi connectivity index (χ3n) is 4.22. The Morgan fingerprint density at radius 2 is 2.22 bits per heavy atom. The van der Waals surface area contributed by atoms with Crippen LogP contribution in [0.5, 0.6) is 0 Å². The van der Waals surface area contributed by atoms with Crippen LogP contribution in [-0.2, 0) is 9.53 Å². The topological polar surface area (TPSA) is 50.4 Å². The van der Waals surface area contributed by atoms with Crippen molar-refractivity contribution in [2.75, 3.05) is 19.7 Å². The van der Waals surface area contributed by atoms with Gasteiger partial charge >= 0.3 is 0 Å². The van der Waals surface area contributed by atoms with Gasteiger partial charge in [-0.15, -0.1) is 0 Å². The molecule has 4 heteroatoms. The van der Waals surface area contributed by atoms with Gasteiger partial charge in [0.15, 0.2) is 0 Å². The van der Waals surface area contributed by atoms with Crippen LogP contribution >= 0.6 is 0 Å². The fourth-order valence-electron chi connectivity index (χ4n) is 3.02. The fourth-order valence-corrected chi connectivity index (χ4v) is 3.02. The van der Waals surface area contributed by atoms with E-state index in [-0.39, 0.29) is 12.0 Å². The minimum atomic E-state index is -0.206. The molecule has 4 nitrogen and oxygen atoms in total. The van der Waals surface area contributed by atoms with Crippen LogP contribution in [0.25, 0.3) is 0 Å². The van der Waals surface area contributed by atoms with Crippen molar-refractivity contribution in [3.63, 3.8) is 0 Å². The van der Waals surface area contributed by atoms with E-state index in [9.17, 15) is 4.79 Å². The van der Waals surface area contributed by atoms with Crippen molar-refractivity contribution in [2.45, 2.75) is 57.6 Å². The predicted octanol–water partition coefficient (Wildman–Crippen LogP) is 1.45. The SMILES string of the molecule is CCC1CCCNC1CNC(=O)C1CCCCO1. The lowest BCUT2D eigenvalue weighted by Crippen LogP contribution is -2.50. The molecule has 2 heterocycles. The Hall–Kier alpha value is -0.610. The summed E-state index contributed by atoms with van der Waals surface area (Å²) >= 11 is 0. The van der Waals surface area contributed by atoms with Gasteiger partial charge in [-0.25, -0.2) is 0 Å². The lowest BCUT2D eigenvalue weighted by Gasteiger charge is -2.32. The molecular formula is C14H26N2O2. The Kier molecular flexibility index (Phi) is 5.45. The van der Waals surface area contributed by atoms with Crippen LogP contribution in [-0.4, -0.2) is 37.7 Å². The van der Waals surface area contributed by atoms with Gasteiger partial charge in [0, 0.05) is 19.2 Å². The average Bonchev–Trinajstić information content (AvgIpc) is 2.46. The number of hydrogen-bond acceptors (Lipinski definition) is 3. The van der Waals surface area contributed by atoms with E-state index in [1.165, 1.54) is 19.3 Å². The number of carbonyl (C=O) groups excluding carboxylic acids is 1. The minimum absolute atomic E-state index is 0.0805. The Balaban J connectivity index is 1.73. The van der Waals surface area contributed by atoms with Crippen LogP contribution in [0, 0.1) is 5.92 Å². The van der Waals surface area contributed by atoms with Crippen molar-refractivity contribution >= 4 is 5.91 Å². The zero-order valence-corrected chi connectivity index (χ0v) is 11.4. The second-order valence-electron chi connectivity index (χ2n) is 5.47. The third kappa shape index (κ3) is 3.69. The van der Waals surface area contributed by atoms with Crippen molar-refractivity contribution < 1.29 is 9.53 Å². The highest BCUT2D eigenvalue weighted by atomic mass is 16.5. The molecule has 0 saturated carbocycles. The molecule has 2 aliphatic heterocycles. The second-order valence-corrected chi connectivity index (χ2v) is 5.47. The molecular weight excluding hydrogens is 228 g/mol. The van der Waals surface area contributed by atoms with Crippen molar-refractivity contribution in [2.24, 2.45) is 5.92 Å². The van der Waals surface area contributed by atoms with Crippen LogP contribution in [0.15, 0.2) is 0 Å². The lowest BCUT2D eigenvalue weighted by atomic mass is 9.88. The van der Waals surface area contributed by atoms with Crippen LogP contribution in [0.3, 0.4) is 0 Å². The summed E-state index contributed by atoms with van der Waals surface area (Å²) in [4.78, 5) is 12.0. The highest BCUT2D eigenvalue weighted by Gasteiger charge is 2.26. The molecule has 3 unspecified atom stereocenters. The Bertz CT molecular complexity index is 265. The molecule has 0 bridgehead atoms. The molecule has 2 saturated heterocycles. The quantitative estimate of drug-likeness (QED) is 0.798. The summed E-state index contributed by atoms with van der Waals surface area (Å²) in [5.74, 6) is 0.781. The summed E-state index contributed by atoms with van der Waals surface area (Å²) in [7, 11) is 0. The van der Waals surface area contributed by atoms with Gasteiger partial charge in [-0.2, -0.15) is 0 Å². The first-order valence-corrected chi connectivity index (χ1v) is 7.44. The Morgan fingerprint density at radius 3 is 2.94 bits per heavy atom. The summed E-state index contributed by atoms with van der Waals surface area (Å²) in [6.45, 7) is 4.79. The van der Waals surface area contributed by atoms with Crippen LogP contribution in [0.2, 0.25) is 0 Å². The maximum atomic E-state index is 12.0. The molecule has 0 radical (unpaired) electrons. The van der Waals surface area contributed by atoms with E-state index in [0.29, 0.717) is 12.0 Å². The molecule has 18 heavy (non-hydrogen) atoms. The highest BCUT2D eigenvalue weighted by Crippen LogP contribution is 2.19. The molecule has 0 aromatic rings. The minimum Gasteiger partial charge on any atom is -0.368 e. The molecule has 2 N–H and O–H groups in total. The summed E-state index contributed by atoms with van der Waals surface area (Å²) < 4.78 is 5.50. The molecule has 0 aliphatic carbocycles. The zero-order chi connectivity index (χ0) is 12.8. The molecule has 2 fully saturated rings. The fraction of sp³-hybridized carbons (Fsp3) is 0.929. The number of amides is 1. The van der Waals surface area contributed by atoms with Crippen molar-refractivity contribution in [1.29, 1.82) is 0 Å². The molecule has 3 atom stereocenters. The third-order valence-corrected chi connectivity index (χ3v) is 4.22.